The molecule has 5 nitrogen and oxygen atoms in total. The van der Waals surface area contributed by atoms with Gasteiger partial charge in [0, 0.05) is 25.7 Å². The van der Waals surface area contributed by atoms with Crippen LogP contribution < -0.4 is 5.32 Å². The highest BCUT2D eigenvalue weighted by Crippen LogP contribution is 2.32. The van der Waals surface area contributed by atoms with Crippen molar-refractivity contribution in [2.45, 2.75) is 50.9 Å². The fourth-order valence-electron chi connectivity index (χ4n) is 4.22. The van der Waals surface area contributed by atoms with Crippen LogP contribution in [0.3, 0.4) is 0 Å². The average Bonchev–Trinajstić information content (AvgIpc) is 3.18. The molecule has 0 unspecified atom stereocenters. The summed E-state index contributed by atoms with van der Waals surface area (Å²) < 4.78 is 0. The minimum Gasteiger partial charge on any atom is -0.329 e. The summed E-state index contributed by atoms with van der Waals surface area (Å²) in [6.45, 7) is 4.28. The number of hydrogen-bond acceptors (Lipinski definition) is 3. The molecule has 3 aliphatic rings. The number of rotatable bonds is 3. The topological polar surface area (TPSA) is 52.7 Å². The predicted octanol–water partition coefficient (Wildman–Crippen LogP) is 1.06. The lowest BCUT2D eigenvalue weighted by Crippen LogP contribution is -2.60. The Morgan fingerprint density at radius 3 is 2.83 bits per heavy atom. The van der Waals surface area contributed by atoms with Gasteiger partial charge in [-0.2, -0.15) is 0 Å². The van der Waals surface area contributed by atoms with E-state index >= 15 is 0 Å². The van der Waals surface area contributed by atoms with Crippen LogP contribution in [0.1, 0.15) is 30.4 Å². The molecule has 2 amide bonds. The molecule has 0 aliphatic carbocycles. The zero-order chi connectivity index (χ0) is 16.0. The number of hydrogen-bond donors (Lipinski definition) is 1. The zero-order valence-corrected chi connectivity index (χ0v) is 13.5. The minimum absolute atomic E-state index is 0.159. The van der Waals surface area contributed by atoms with Gasteiger partial charge < -0.3 is 15.1 Å². The molecule has 5 heteroatoms. The minimum atomic E-state index is -0.244. The molecule has 4 rings (SSSR count). The second kappa shape index (κ2) is 5.64. The molecule has 122 valence electrons. The molecule has 0 spiro atoms. The second-order valence-electron chi connectivity index (χ2n) is 7.00. The van der Waals surface area contributed by atoms with Crippen molar-refractivity contribution >= 4 is 11.8 Å². The number of nitrogens with one attached hydrogen (secondary N) is 1. The number of aryl methyl sites for hydroxylation is 1. The fraction of sp³-hybridized carbons (Fsp3) is 0.556. The molecular formula is C18H23N3O2. The van der Waals surface area contributed by atoms with Gasteiger partial charge in [0.15, 0.2) is 0 Å². The predicted molar refractivity (Wildman–Crippen MR) is 86.7 cm³/mol. The first-order chi connectivity index (χ1) is 11.1. The standard InChI is InChI=1S/C18H23N3O2/c1-12-4-2-5-13(8-12)10-19-14-9-16-18(23)20-7-3-6-15(20)17(22)21(16)11-14/h2,4-5,8,14-16,19H,3,6-7,9-11H2,1H3/t14-,15-,16-/m0/s1. The monoisotopic (exact) mass is 313 g/mol. The van der Waals surface area contributed by atoms with Crippen LogP contribution in [0.15, 0.2) is 24.3 Å². The van der Waals surface area contributed by atoms with Crippen molar-refractivity contribution in [3.05, 3.63) is 35.4 Å². The van der Waals surface area contributed by atoms with Crippen molar-refractivity contribution in [3.8, 4) is 0 Å². The fourth-order valence-corrected chi connectivity index (χ4v) is 4.22. The molecule has 0 bridgehead atoms. The third-order valence-corrected chi connectivity index (χ3v) is 5.37. The second-order valence-corrected chi connectivity index (χ2v) is 7.00. The van der Waals surface area contributed by atoms with E-state index in [1.807, 2.05) is 9.80 Å². The third-order valence-electron chi connectivity index (χ3n) is 5.37. The summed E-state index contributed by atoms with van der Waals surface area (Å²) in [4.78, 5) is 28.8. The van der Waals surface area contributed by atoms with E-state index in [0.29, 0.717) is 6.54 Å². The molecular weight excluding hydrogens is 290 g/mol. The molecule has 23 heavy (non-hydrogen) atoms. The molecule has 1 aromatic carbocycles. The van der Waals surface area contributed by atoms with Gasteiger partial charge in [-0.25, -0.2) is 0 Å². The highest BCUT2D eigenvalue weighted by Gasteiger charge is 2.51. The van der Waals surface area contributed by atoms with E-state index in [1.165, 1.54) is 11.1 Å². The molecule has 3 heterocycles. The van der Waals surface area contributed by atoms with Crippen LogP contribution in [0.4, 0.5) is 0 Å². The van der Waals surface area contributed by atoms with Gasteiger partial charge in [-0.15, -0.1) is 0 Å². The van der Waals surface area contributed by atoms with Gasteiger partial charge in [0.05, 0.1) is 0 Å². The van der Waals surface area contributed by atoms with E-state index in [1.54, 1.807) is 0 Å². The quantitative estimate of drug-likeness (QED) is 0.908. The number of carbonyl (C=O) groups excluding carboxylic acids is 2. The van der Waals surface area contributed by atoms with E-state index in [-0.39, 0.29) is 29.9 Å². The van der Waals surface area contributed by atoms with Crippen molar-refractivity contribution in [1.82, 2.24) is 15.1 Å². The van der Waals surface area contributed by atoms with E-state index in [0.717, 1.165) is 32.4 Å². The van der Waals surface area contributed by atoms with Crippen molar-refractivity contribution in [3.63, 3.8) is 0 Å². The number of fused-ring (bicyclic) bond motifs is 2. The van der Waals surface area contributed by atoms with Crippen molar-refractivity contribution in [2.24, 2.45) is 0 Å². The van der Waals surface area contributed by atoms with E-state index in [2.05, 4.69) is 36.5 Å². The highest BCUT2D eigenvalue weighted by molar-refractivity contribution is 5.98. The molecule has 3 atom stereocenters. The molecule has 0 aromatic heterocycles. The Labute approximate surface area is 136 Å². The molecule has 0 radical (unpaired) electrons. The Morgan fingerprint density at radius 2 is 2.00 bits per heavy atom. The summed E-state index contributed by atoms with van der Waals surface area (Å²) in [7, 11) is 0. The Balaban J connectivity index is 1.42. The molecule has 0 saturated carbocycles. The Bertz CT molecular complexity index is 615. The van der Waals surface area contributed by atoms with Crippen molar-refractivity contribution in [2.75, 3.05) is 13.1 Å². The number of nitrogens with zero attached hydrogens (tertiary/aromatic N) is 2. The molecule has 3 fully saturated rings. The van der Waals surface area contributed by atoms with Gasteiger partial charge >= 0.3 is 0 Å². The van der Waals surface area contributed by atoms with E-state index < -0.39 is 0 Å². The third kappa shape index (κ3) is 2.53. The number of piperazine rings is 1. The summed E-state index contributed by atoms with van der Waals surface area (Å²) in [6, 6.07) is 8.20. The number of amides is 2. The van der Waals surface area contributed by atoms with Gasteiger partial charge in [-0.1, -0.05) is 29.8 Å². The van der Waals surface area contributed by atoms with Gasteiger partial charge in [0.25, 0.3) is 0 Å². The molecule has 1 aromatic rings. The van der Waals surface area contributed by atoms with Crippen molar-refractivity contribution < 1.29 is 9.59 Å². The van der Waals surface area contributed by atoms with Crippen molar-refractivity contribution in [1.29, 1.82) is 0 Å². The smallest absolute Gasteiger partial charge is 0.246 e. The lowest BCUT2D eigenvalue weighted by Gasteiger charge is -2.38. The average molecular weight is 313 g/mol. The Morgan fingerprint density at radius 1 is 1.17 bits per heavy atom. The van der Waals surface area contributed by atoms with Gasteiger partial charge in [0.1, 0.15) is 12.1 Å². The van der Waals surface area contributed by atoms with Gasteiger partial charge in [-0.3, -0.25) is 9.59 Å². The van der Waals surface area contributed by atoms with E-state index in [9.17, 15) is 9.59 Å². The van der Waals surface area contributed by atoms with Crippen LogP contribution in [-0.2, 0) is 16.1 Å². The summed E-state index contributed by atoms with van der Waals surface area (Å²) >= 11 is 0. The normalized spacial score (nSPS) is 29.9. The van der Waals surface area contributed by atoms with E-state index in [4.69, 9.17) is 0 Å². The first-order valence-electron chi connectivity index (χ1n) is 8.53. The van der Waals surface area contributed by atoms with Gasteiger partial charge in [-0.05, 0) is 31.7 Å². The van der Waals surface area contributed by atoms with Crippen LogP contribution >= 0.6 is 0 Å². The molecule has 1 N–H and O–H groups in total. The van der Waals surface area contributed by atoms with Crippen LogP contribution in [0, 0.1) is 6.92 Å². The Hall–Kier alpha value is -1.88. The maximum atomic E-state index is 12.6. The number of benzene rings is 1. The SMILES string of the molecule is Cc1cccc(CN[C@H]2C[C@H]3C(=O)N4CCC[C@H]4C(=O)N3C2)c1. The summed E-state index contributed by atoms with van der Waals surface area (Å²) in [5.74, 6) is 0.318. The van der Waals surface area contributed by atoms with Crippen LogP contribution in [0.25, 0.3) is 0 Å². The van der Waals surface area contributed by atoms with Gasteiger partial charge in [0.2, 0.25) is 11.8 Å². The first-order valence-corrected chi connectivity index (χ1v) is 8.53. The lowest BCUT2D eigenvalue weighted by molar-refractivity contribution is -0.156. The Kier molecular flexibility index (Phi) is 3.60. The number of carbonyl (C=O) groups is 2. The highest BCUT2D eigenvalue weighted by atomic mass is 16.2. The zero-order valence-electron chi connectivity index (χ0n) is 13.5. The van der Waals surface area contributed by atoms with Crippen LogP contribution in [0.2, 0.25) is 0 Å². The molecule has 3 saturated heterocycles. The van der Waals surface area contributed by atoms with Crippen LogP contribution in [-0.4, -0.2) is 52.8 Å². The largest absolute Gasteiger partial charge is 0.329 e. The van der Waals surface area contributed by atoms with Crippen LogP contribution in [0.5, 0.6) is 0 Å². The summed E-state index contributed by atoms with van der Waals surface area (Å²) in [5, 5.41) is 3.52. The molecule has 3 aliphatic heterocycles. The summed E-state index contributed by atoms with van der Waals surface area (Å²) in [6.07, 6.45) is 2.52. The lowest BCUT2D eigenvalue weighted by atomic mass is 10.1. The maximum absolute atomic E-state index is 12.6. The maximum Gasteiger partial charge on any atom is 0.246 e. The first kappa shape index (κ1) is 14.7. The summed E-state index contributed by atoms with van der Waals surface area (Å²) in [5.41, 5.74) is 2.49.